The molecule has 0 aliphatic heterocycles. The Hall–Kier alpha value is -1.23. The number of thiazole rings is 1. The number of nitrogens with zero attached hydrogens (tertiary/aromatic N) is 1. The fourth-order valence-corrected chi connectivity index (χ4v) is 2.83. The van der Waals surface area contributed by atoms with Gasteiger partial charge in [-0.15, -0.1) is 11.3 Å². The second-order valence-electron chi connectivity index (χ2n) is 4.61. The Morgan fingerprint density at radius 3 is 2.68 bits per heavy atom. The highest BCUT2D eigenvalue weighted by Crippen LogP contribution is 2.16. The lowest BCUT2D eigenvalue weighted by Gasteiger charge is -2.05. The Labute approximate surface area is 118 Å². The summed E-state index contributed by atoms with van der Waals surface area (Å²) in [6.45, 7) is 6.52. The van der Waals surface area contributed by atoms with Gasteiger partial charge in [0.1, 0.15) is 5.01 Å². The summed E-state index contributed by atoms with van der Waals surface area (Å²) < 4.78 is 5.14. The van der Waals surface area contributed by atoms with Crippen LogP contribution in [-0.2, 0) is 24.4 Å². The number of nitrogens with one attached hydrogen (secondary N) is 1. The van der Waals surface area contributed by atoms with Crippen LogP contribution in [0.15, 0.2) is 24.3 Å². The Balaban J connectivity index is 1.86. The average Bonchev–Trinajstić information content (AvgIpc) is 2.70. The van der Waals surface area contributed by atoms with E-state index >= 15 is 0 Å². The molecular weight excluding hydrogens is 256 g/mol. The van der Waals surface area contributed by atoms with Crippen LogP contribution in [0.1, 0.15) is 26.7 Å². The molecule has 1 aromatic heterocycles. The van der Waals surface area contributed by atoms with E-state index in [9.17, 15) is 0 Å². The maximum absolute atomic E-state index is 5.14. The van der Waals surface area contributed by atoms with Crippen molar-refractivity contribution >= 4 is 11.3 Å². The van der Waals surface area contributed by atoms with Crippen LogP contribution in [0.3, 0.4) is 0 Å². The van der Waals surface area contributed by atoms with Gasteiger partial charge in [-0.3, -0.25) is 0 Å². The molecular formula is C15H20N2OS. The van der Waals surface area contributed by atoms with Crippen LogP contribution in [0.4, 0.5) is 0 Å². The van der Waals surface area contributed by atoms with Crippen molar-refractivity contribution in [1.82, 2.24) is 10.3 Å². The van der Waals surface area contributed by atoms with Crippen LogP contribution in [-0.4, -0.2) is 12.1 Å². The van der Waals surface area contributed by atoms with Gasteiger partial charge in [0, 0.05) is 25.1 Å². The lowest BCUT2D eigenvalue weighted by atomic mass is 10.1. The van der Waals surface area contributed by atoms with Gasteiger partial charge in [0.2, 0.25) is 0 Å². The van der Waals surface area contributed by atoms with Gasteiger partial charge in [-0.05, 0) is 25.0 Å². The third-order valence-electron chi connectivity index (χ3n) is 2.98. The van der Waals surface area contributed by atoms with Gasteiger partial charge in [-0.1, -0.05) is 24.3 Å². The molecule has 0 spiro atoms. The molecule has 102 valence electrons. The van der Waals surface area contributed by atoms with Gasteiger partial charge < -0.3 is 10.1 Å². The van der Waals surface area contributed by atoms with Crippen molar-refractivity contribution in [3.8, 4) is 0 Å². The zero-order valence-corrected chi connectivity index (χ0v) is 12.5. The summed E-state index contributed by atoms with van der Waals surface area (Å²) in [6, 6.07) is 8.46. The third-order valence-corrected chi connectivity index (χ3v) is 4.05. The molecule has 0 saturated carbocycles. The molecule has 1 N–H and O–H groups in total. The first-order valence-electron chi connectivity index (χ1n) is 6.39. The van der Waals surface area contributed by atoms with Gasteiger partial charge in [-0.25, -0.2) is 4.98 Å². The van der Waals surface area contributed by atoms with Crippen molar-refractivity contribution in [2.24, 2.45) is 0 Å². The first kappa shape index (κ1) is 14.2. The molecule has 0 saturated heterocycles. The zero-order valence-electron chi connectivity index (χ0n) is 11.7. The summed E-state index contributed by atoms with van der Waals surface area (Å²) >= 11 is 1.77. The molecule has 4 heteroatoms. The van der Waals surface area contributed by atoms with Gasteiger partial charge in [-0.2, -0.15) is 0 Å². The molecule has 0 radical (unpaired) electrons. The van der Waals surface area contributed by atoms with Crippen LogP contribution in [0, 0.1) is 13.8 Å². The molecule has 0 fully saturated rings. The lowest BCUT2D eigenvalue weighted by Crippen LogP contribution is -2.12. The van der Waals surface area contributed by atoms with E-state index in [0.717, 1.165) is 23.8 Å². The first-order chi connectivity index (χ1) is 9.19. The Morgan fingerprint density at radius 2 is 2.00 bits per heavy atom. The van der Waals surface area contributed by atoms with Gasteiger partial charge in [0.05, 0.1) is 12.3 Å². The highest BCUT2D eigenvalue weighted by atomic mass is 32.1. The molecule has 0 amide bonds. The molecule has 0 aliphatic carbocycles. The number of aryl methyl sites for hydroxylation is 2. The van der Waals surface area contributed by atoms with Crippen LogP contribution < -0.4 is 5.32 Å². The topological polar surface area (TPSA) is 34.1 Å². The zero-order chi connectivity index (χ0) is 13.7. The number of ether oxygens (including phenoxy) is 1. The number of hydrogen-bond donors (Lipinski definition) is 1. The molecule has 1 heterocycles. The maximum Gasteiger partial charge on any atom is 0.107 e. The van der Waals surface area contributed by atoms with Crippen LogP contribution >= 0.6 is 11.3 Å². The molecule has 1 aromatic carbocycles. The third kappa shape index (κ3) is 4.13. The van der Waals surface area contributed by atoms with E-state index in [-0.39, 0.29) is 0 Å². The van der Waals surface area contributed by atoms with Crippen LogP contribution in [0.2, 0.25) is 0 Å². The Morgan fingerprint density at radius 1 is 1.21 bits per heavy atom. The summed E-state index contributed by atoms with van der Waals surface area (Å²) in [5, 5.41) is 4.59. The molecule has 2 rings (SSSR count). The molecule has 3 nitrogen and oxygen atoms in total. The van der Waals surface area contributed by atoms with E-state index in [2.05, 4.69) is 48.4 Å². The standard InChI is InChI=1S/C15H20N2OS/c1-11-12(2)19-15(17-11)9-16-8-13-5-4-6-14(7-13)10-18-3/h4-7,16H,8-10H2,1-3H3. The number of benzene rings is 1. The number of aromatic nitrogens is 1. The van der Waals surface area contributed by atoms with Gasteiger partial charge in [0.25, 0.3) is 0 Å². The van der Waals surface area contributed by atoms with Crippen molar-refractivity contribution in [2.75, 3.05) is 7.11 Å². The molecule has 0 aliphatic rings. The van der Waals surface area contributed by atoms with E-state index in [1.165, 1.54) is 16.0 Å². The predicted octanol–water partition coefficient (Wildman–Crippen LogP) is 3.20. The van der Waals surface area contributed by atoms with Crippen LogP contribution in [0.25, 0.3) is 0 Å². The smallest absolute Gasteiger partial charge is 0.107 e. The molecule has 0 bridgehead atoms. The van der Waals surface area contributed by atoms with Crippen molar-refractivity contribution < 1.29 is 4.74 Å². The highest BCUT2D eigenvalue weighted by molar-refractivity contribution is 7.11. The largest absolute Gasteiger partial charge is 0.380 e. The minimum absolute atomic E-state index is 0.665. The summed E-state index contributed by atoms with van der Waals surface area (Å²) in [4.78, 5) is 5.83. The summed E-state index contributed by atoms with van der Waals surface area (Å²) in [6.07, 6.45) is 0. The van der Waals surface area contributed by atoms with Crippen LogP contribution in [0.5, 0.6) is 0 Å². The fourth-order valence-electron chi connectivity index (χ4n) is 1.92. The normalized spacial score (nSPS) is 10.9. The summed E-state index contributed by atoms with van der Waals surface area (Å²) in [5.74, 6) is 0. The second-order valence-corrected chi connectivity index (χ2v) is 5.89. The minimum atomic E-state index is 0.665. The maximum atomic E-state index is 5.14. The molecule has 0 unspecified atom stereocenters. The van der Waals surface area contributed by atoms with E-state index < -0.39 is 0 Å². The van der Waals surface area contributed by atoms with Gasteiger partial charge >= 0.3 is 0 Å². The van der Waals surface area contributed by atoms with Crippen molar-refractivity contribution in [1.29, 1.82) is 0 Å². The predicted molar refractivity (Wildman–Crippen MR) is 79.3 cm³/mol. The van der Waals surface area contributed by atoms with Crippen molar-refractivity contribution in [3.63, 3.8) is 0 Å². The first-order valence-corrected chi connectivity index (χ1v) is 7.21. The highest BCUT2D eigenvalue weighted by Gasteiger charge is 2.03. The number of rotatable bonds is 6. The average molecular weight is 276 g/mol. The number of hydrogen-bond acceptors (Lipinski definition) is 4. The monoisotopic (exact) mass is 276 g/mol. The molecule has 19 heavy (non-hydrogen) atoms. The van der Waals surface area contributed by atoms with E-state index in [1.54, 1.807) is 18.4 Å². The van der Waals surface area contributed by atoms with Crippen molar-refractivity contribution in [2.45, 2.75) is 33.5 Å². The SMILES string of the molecule is COCc1cccc(CNCc2nc(C)c(C)s2)c1. The lowest BCUT2D eigenvalue weighted by molar-refractivity contribution is 0.185. The summed E-state index contributed by atoms with van der Waals surface area (Å²) in [7, 11) is 1.72. The van der Waals surface area contributed by atoms with Crippen molar-refractivity contribution in [3.05, 3.63) is 51.0 Å². The second kappa shape index (κ2) is 6.80. The Bertz CT molecular complexity index is 517. The van der Waals surface area contributed by atoms with E-state index in [1.807, 2.05) is 0 Å². The Kier molecular flexibility index (Phi) is 5.07. The molecule has 2 aromatic rings. The minimum Gasteiger partial charge on any atom is -0.380 e. The molecule has 0 atom stereocenters. The number of methoxy groups -OCH3 is 1. The fraction of sp³-hybridized carbons (Fsp3) is 0.400. The van der Waals surface area contributed by atoms with E-state index in [0.29, 0.717) is 6.61 Å². The summed E-state index contributed by atoms with van der Waals surface area (Å²) in [5.41, 5.74) is 3.63. The quantitative estimate of drug-likeness (QED) is 0.880. The van der Waals surface area contributed by atoms with E-state index in [4.69, 9.17) is 4.74 Å². The van der Waals surface area contributed by atoms with Gasteiger partial charge in [0.15, 0.2) is 0 Å².